The largest absolute Gasteiger partial charge is 0.479 e. The van der Waals surface area contributed by atoms with E-state index in [0.29, 0.717) is 32.1 Å². The predicted octanol–water partition coefficient (Wildman–Crippen LogP) is -1.63. The first-order valence-corrected chi connectivity index (χ1v) is 17.3. The molecule has 6 fully saturated rings. The van der Waals surface area contributed by atoms with Gasteiger partial charge in [0.2, 0.25) is 0 Å². The van der Waals surface area contributed by atoms with E-state index >= 15 is 0 Å². The van der Waals surface area contributed by atoms with Crippen LogP contribution in [0.2, 0.25) is 0 Å². The van der Waals surface area contributed by atoms with E-state index in [1.807, 2.05) is 6.92 Å². The minimum absolute atomic E-state index is 0.0353. The van der Waals surface area contributed by atoms with Gasteiger partial charge in [-0.1, -0.05) is 13.8 Å². The molecule has 0 aromatic heterocycles. The highest BCUT2D eigenvalue weighted by molar-refractivity contribution is 5.83. The minimum Gasteiger partial charge on any atom is -0.479 e. The Balaban J connectivity index is 1.09. The number of hydrogen-bond acceptors (Lipinski definition) is 14. The maximum atomic E-state index is 13.6. The fraction of sp³-hybridized carbons (Fsp3) is 0.909. The molecule has 0 bridgehead atoms. The van der Waals surface area contributed by atoms with Crippen LogP contribution in [0.3, 0.4) is 0 Å². The van der Waals surface area contributed by atoms with Crippen molar-refractivity contribution in [2.45, 2.75) is 139 Å². The SMILES string of the molecule is C[C@]12CC[C@H](OC3O[C@H](C(=O)O)[C@@H](O)[C@H](O)[C@H]3O)C[C@H]1CC[C@@H]1[C@@H]2[C@H](O)C[C@]2(C)[C@@H](C(=O)COC3O[C@H](C(=O)O)[C@@H](O)[C@H](O)[C@H]3O)CC[C@@H]12. The number of carboxylic acid groups (broad SMARTS) is 2. The maximum Gasteiger partial charge on any atom is 0.335 e. The molecule has 16 nitrogen and oxygen atoms in total. The van der Waals surface area contributed by atoms with E-state index in [-0.39, 0.29) is 34.9 Å². The molecule has 4 saturated carbocycles. The van der Waals surface area contributed by atoms with Crippen molar-refractivity contribution in [2.24, 2.45) is 40.4 Å². The molecule has 4 aliphatic carbocycles. The summed E-state index contributed by atoms with van der Waals surface area (Å²) in [5, 5.41) is 91.6. The molecular formula is C33H50O16. The summed E-state index contributed by atoms with van der Waals surface area (Å²) >= 11 is 0. The standard InChI is InChI=1S/C33H50O16/c1-32-8-7-13(47-31-25(41)21(37)23(39)27(49-31)29(44)45)9-12(32)3-4-14-15-5-6-16(33(15,2)10-17(34)19(14)32)18(35)11-46-30-24(40)20(36)22(38)26(48-30)28(42)43/h12-17,19-27,30-31,34,36-41H,3-11H2,1-2H3,(H,42,43)(H,44,45)/t12-,13+,14+,15+,16-,17-,19-,20+,21+,22+,23+,24-,25-,26+,27+,30?,31?,32+,33+/m1/s1. The Hall–Kier alpha value is -1.83. The zero-order chi connectivity index (χ0) is 35.7. The van der Waals surface area contributed by atoms with E-state index in [9.17, 15) is 60.3 Å². The van der Waals surface area contributed by atoms with Crippen LogP contribution in [-0.4, -0.2) is 144 Å². The Morgan fingerprint density at radius 3 is 1.92 bits per heavy atom. The lowest BCUT2D eigenvalue weighted by Crippen LogP contribution is -2.62. The van der Waals surface area contributed by atoms with Crippen molar-refractivity contribution in [3.8, 4) is 0 Å². The third kappa shape index (κ3) is 6.24. The van der Waals surface area contributed by atoms with Crippen molar-refractivity contribution in [3.63, 3.8) is 0 Å². The van der Waals surface area contributed by atoms with Crippen molar-refractivity contribution >= 4 is 17.7 Å². The van der Waals surface area contributed by atoms with Gasteiger partial charge in [0, 0.05) is 5.92 Å². The van der Waals surface area contributed by atoms with Gasteiger partial charge in [-0.25, -0.2) is 9.59 Å². The van der Waals surface area contributed by atoms with Crippen LogP contribution in [0.4, 0.5) is 0 Å². The molecule has 0 radical (unpaired) electrons. The van der Waals surface area contributed by atoms with E-state index < -0.39 is 103 Å². The molecule has 16 heteroatoms. The van der Waals surface area contributed by atoms with Crippen LogP contribution in [0.15, 0.2) is 0 Å². The predicted molar refractivity (Wildman–Crippen MR) is 161 cm³/mol. The molecule has 0 aromatic carbocycles. The number of carbonyl (C=O) groups is 3. The highest BCUT2D eigenvalue weighted by Crippen LogP contribution is 2.67. The number of ether oxygens (including phenoxy) is 4. The number of carboxylic acids is 2. The summed E-state index contributed by atoms with van der Waals surface area (Å²) in [5.41, 5.74) is -0.781. The van der Waals surface area contributed by atoms with Gasteiger partial charge in [0.05, 0.1) is 12.2 Å². The smallest absolute Gasteiger partial charge is 0.335 e. The second-order valence-corrected chi connectivity index (χ2v) is 15.8. The van der Waals surface area contributed by atoms with Gasteiger partial charge in [-0.2, -0.15) is 0 Å². The van der Waals surface area contributed by atoms with Gasteiger partial charge in [-0.05, 0) is 85.9 Å². The highest BCUT2D eigenvalue weighted by atomic mass is 16.7. The number of aliphatic hydroxyl groups excluding tert-OH is 7. The number of carbonyl (C=O) groups excluding carboxylic acids is 1. The summed E-state index contributed by atoms with van der Waals surface area (Å²) in [6.45, 7) is 3.72. The summed E-state index contributed by atoms with van der Waals surface area (Å²) in [6, 6.07) is 0. The van der Waals surface area contributed by atoms with Crippen LogP contribution in [0.1, 0.15) is 65.2 Å². The second kappa shape index (κ2) is 13.6. The van der Waals surface area contributed by atoms with E-state index in [2.05, 4.69) is 6.92 Å². The summed E-state index contributed by atoms with van der Waals surface area (Å²) in [7, 11) is 0. The first kappa shape index (κ1) is 36.9. The molecule has 6 aliphatic rings. The number of Topliss-reactive ketones (excluding diaryl/α,β-unsaturated/α-hetero) is 1. The molecule has 6 rings (SSSR count). The first-order valence-electron chi connectivity index (χ1n) is 17.3. The number of aliphatic hydroxyl groups is 7. The van der Waals surface area contributed by atoms with Crippen molar-refractivity contribution in [3.05, 3.63) is 0 Å². The molecule has 0 aromatic rings. The van der Waals surface area contributed by atoms with Gasteiger partial charge in [0.25, 0.3) is 0 Å². The summed E-state index contributed by atoms with van der Waals surface area (Å²) in [4.78, 5) is 36.6. The molecule has 49 heavy (non-hydrogen) atoms. The van der Waals surface area contributed by atoms with Crippen molar-refractivity contribution in [2.75, 3.05) is 6.61 Å². The molecule has 278 valence electrons. The fourth-order valence-electron chi connectivity index (χ4n) is 10.8. The number of aliphatic carboxylic acids is 2. The zero-order valence-corrected chi connectivity index (χ0v) is 27.6. The summed E-state index contributed by atoms with van der Waals surface area (Å²) < 4.78 is 22.1. The molecule has 2 unspecified atom stereocenters. The minimum atomic E-state index is -1.87. The van der Waals surface area contributed by atoms with Crippen molar-refractivity contribution < 1.29 is 79.3 Å². The average molecular weight is 703 g/mol. The Kier molecular flexibility index (Phi) is 10.3. The number of hydrogen-bond donors (Lipinski definition) is 9. The van der Waals surface area contributed by atoms with Gasteiger partial charge in [-0.15, -0.1) is 0 Å². The molecule has 0 amide bonds. The zero-order valence-electron chi connectivity index (χ0n) is 27.6. The second-order valence-electron chi connectivity index (χ2n) is 15.8. The van der Waals surface area contributed by atoms with Gasteiger partial charge < -0.3 is 64.9 Å². The van der Waals surface area contributed by atoms with Crippen LogP contribution in [0.5, 0.6) is 0 Å². The lowest BCUT2D eigenvalue weighted by atomic mass is 9.44. The Bertz CT molecular complexity index is 1260. The fourth-order valence-corrected chi connectivity index (χ4v) is 10.8. The Morgan fingerprint density at radius 1 is 0.714 bits per heavy atom. The lowest BCUT2D eigenvalue weighted by molar-refractivity contribution is -0.310. The van der Waals surface area contributed by atoms with Crippen LogP contribution < -0.4 is 0 Å². The van der Waals surface area contributed by atoms with Gasteiger partial charge in [-0.3, -0.25) is 4.79 Å². The van der Waals surface area contributed by atoms with Crippen molar-refractivity contribution in [1.82, 2.24) is 0 Å². The number of rotatable bonds is 8. The molecule has 2 saturated heterocycles. The highest BCUT2D eigenvalue weighted by Gasteiger charge is 2.64. The maximum absolute atomic E-state index is 13.6. The summed E-state index contributed by atoms with van der Waals surface area (Å²) in [5.74, 6) is -3.34. The first-order chi connectivity index (χ1) is 23.0. The summed E-state index contributed by atoms with van der Waals surface area (Å²) in [6.07, 6.45) is -13.2. The van der Waals surface area contributed by atoms with E-state index in [0.717, 1.165) is 19.3 Å². The van der Waals surface area contributed by atoms with Crippen LogP contribution >= 0.6 is 0 Å². The van der Waals surface area contributed by atoms with E-state index in [1.54, 1.807) is 0 Å². The van der Waals surface area contributed by atoms with Crippen molar-refractivity contribution in [1.29, 1.82) is 0 Å². The van der Waals surface area contributed by atoms with Crippen LogP contribution in [0, 0.1) is 40.4 Å². The van der Waals surface area contributed by atoms with E-state index in [1.165, 1.54) is 0 Å². The molecule has 9 N–H and O–H groups in total. The molecule has 2 aliphatic heterocycles. The third-order valence-electron chi connectivity index (χ3n) is 13.3. The lowest BCUT2D eigenvalue weighted by Gasteiger charge is -2.62. The Morgan fingerprint density at radius 2 is 1.31 bits per heavy atom. The molecular weight excluding hydrogens is 652 g/mol. The quantitative estimate of drug-likeness (QED) is 0.129. The molecule has 2 heterocycles. The molecule has 0 spiro atoms. The average Bonchev–Trinajstić information content (AvgIpc) is 3.39. The van der Waals surface area contributed by atoms with Gasteiger partial charge >= 0.3 is 11.9 Å². The molecule has 19 atom stereocenters. The topological polar surface area (TPSA) is 270 Å². The monoisotopic (exact) mass is 702 g/mol. The van der Waals surface area contributed by atoms with Gasteiger partial charge in [0.15, 0.2) is 30.6 Å². The van der Waals surface area contributed by atoms with E-state index in [4.69, 9.17) is 18.9 Å². The van der Waals surface area contributed by atoms with Crippen LogP contribution in [0.25, 0.3) is 0 Å². The Labute approximate surface area is 282 Å². The third-order valence-corrected chi connectivity index (χ3v) is 13.3. The number of fused-ring (bicyclic) bond motifs is 5. The van der Waals surface area contributed by atoms with Gasteiger partial charge in [0.1, 0.15) is 43.2 Å². The normalized spacial score (nSPS) is 52.8. The van der Waals surface area contributed by atoms with Crippen LogP contribution in [-0.2, 0) is 33.3 Å². The number of ketones is 1.